The lowest BCUT2D eigenvalue weighted by Crippen LogP contribution is -2.31. The van der Waals surface area contributed by atoms with Crippen molar-refractivity contribution in [3.8, 4) is 0 Å². The van der Waals surface area contributed by atoms with Crippen LogP contribution in [0.2, 0.25) is 0 Å². The van der Waals surface area contributed by atoms with Crippen molar-refractivity contribution in [1.29, 1.82) is 0 Å². The monoisotopic (exact) mass is 262 g/mol. The molecular formula is C10H14O6S. The van der Waals surface area contributed by atoms with Crippen molar-refractivity contribution in [2.24, 2.45) is 0 Å². The summed E-state index contributed by atoms with van der Waals surface area (Å²) >= 11 is 0. The Morgan fingerprint density at radius 2 is 2.24 bits per heavy atom. The lowest BCUT2D eigenvalue weighted by molar-refractivity contribution is -0.139. The fourth-order valence-electron chi connectivity index (χ4n) is 1.49. The van der Waals surface area contributed by atoms with E-state index in [-0.39, 0.29) is 12.0 Å². The highest BCUT2D eigenvalue weighted by molar-refractivity contribution is 7.92. The molecule has 0 saturated carbocycles. The van der Waals surface area contributed by atoms with Crippen LogP contribution in [0.3, 0.4) is 0 Å². The number of carbonyl (C=O) groups excluding carboxylic acids is 2. The van der Waals surface area contributed by atoms with Crippen molar-refractivity contribution in [3.63, 3.8) is 0 Å². The second-order valence-electron chi connectivity index (χ2n) is 3.86. The Morgan fingerprint density at radius 1 is 1.65 bits per heavy atom. The molecule has 1 aliphatic carbocycles. The number of hydrogen-bond donors (Lipinski definition) is 1. The minimum Gasteiger partial charge on any atom is -0.468 e. The molecule has 0 aromatic carbocycles. The van der Waals surface area contributed by atoms with Gasteiger partial charge in [-0.15, -0.1) is 0 Å². The second-order valence-corrected chi connectivity index (χ2v) is 6.18. The lowest BCUT2D eigenvalue weighted by atomic mass is 10.2. The molecule has 0 fully saturated rings. The molecule has 17 heavy (non-hydrogen) atoms. The summed E-state index contributed by atoms with van der Waals surface area (Å²) in [6.45, 7) is 1.21. The summed E-state index contributed by atoms with van der Waals surface area (Å²) < 4.78 is 27.9. The van der Waals surface area contributed by atoms with Crippen molar-refractivity contribution in [1.82, 2.24) is 0 Å². The first-order chi connectivity index (χ1) is 7.77. The third-order valence-corrected chi connectivity index (χ3v) is 4.56. The number of methoxy groups -OCH3 is 1. The molecule has 96 valence electrons. The average Bonchev–Trinajstić information content (AvgIpc) is 2.54. The van der Waals surface area contributed by atoms with E-state index in [1.165, 1.54) is 13.0 Å². The Bertz CT molecular complexity index is 461. The van der Waals surface area contributed by atoms with Crippen LogP contribution in [0, 0.1) is 0 Å². The first-order valence-electron chi connectivity index (χ1n) is 4.99. The molecule has 0 aromatic heterocycles. The Labute approximate surface area is 99.2 Å². The summed E-state index contributed by atoms with van der Waals surface area (Å²) in [4.78, 5) is 22.4. The lowest BCUT2D eigenvalue weighted by Gasteiger charge is -2.10. The quantitative estimate of drug-likeness (QED) is 0.668. The van der Waals surface area contributed by atoms with Gasteiger partial charge in [0, 0.05) is 12.0 Å². The standard InChI is InChI=1S/C10H14O6S/c1-6(10(13)16-2)17(14,15)5-7-3-8(11)4-9(7)12/h3,6,8,11H,4-5H2,1-2H3/t6?,8-/m0/s1. The SMILES string of the molecule is COC(=O)C(C)S(=O)(=O)CC1=C[C@H](O)CC1=O. The zero-order chi connectivity index (χ0) is 13.2. The van der Waals surface area contributed by atoms with Crippen LogP contribution in [0.15, 0.2) is 11.6 Å². The summed E-state index contributed by atoms with van der Waals surface area (Å²) in [6.07, 6.45) is 0.183. The molecule has 1 rings (SSSR count). The summed E-state index contributed by atoms with van der Waals surface area (Å²) in [5, 5.41) is 7.86. The summed E-state index contributed by atoms with van der Waals surface area (Å²) in [5.74, 6) is -1.81. The van der Waals surface area contributed by atoms with Gasteiger partial charge in [-0.25, -0.2) is 8.42 Å². The first-order valence-corrected chi connectivity index (χ1v) is 6.71. The van der Waals surface area contributed by atoms with E-state index in [1.807, 2.05) is 0 Å². The van der Waals surface area contributed by atoms with Crippen molar-refractivity contribution in [3.05, 3.63) is 11.6 Å². The van der Waals surface area contributed by atoms with E-state index >= 15 is 0 Å². The van der Waals surface area contributed by atoms with E-state index in [0.717, 1.165) is 7.11 Å². The third kappa shape index (κ3) is 3.13. The minimum absolute atomic E-state index is 0.0354. The van der Waals surface area contributed by atoms with Gasteiger partial charge < -0.3 is 9.84 Å². The van der Waals surface area contributed by atoms with Crippen molar-refractivity contribution in [2.45, 2.75) is 24.7 Å². The number of ether oxygens (including phenoxy) is 1. The first kappa shape index (κ1) is 13.9. The topological polar surface area (TPSA) is 97.7 Å². The van der Waals surface area contributed by atoms with Crippen LogP contribution in [-0.4, -0.2) is 49.5 Å². The number of carbonyl (C=O) groups is 2. The largest absolute Gasteiger partial charge is 0.468 e. The number of ketones is 1. The number of aliphatic hydroxyl groups is 1. The zero-order valence-corrected chi connectivity index (χ0v) is 10.4. The van der Waals surface area contributed by atoms with Gasteiger partial charge in [-0.1, -0.05) is 0 Å². The normalized spacial score (nSPS) is 22.2. The van der Waals surface area contributed by atoms with E-state index in [9.17, 15) is 23.1 Å². The molecule has 0 saturated heterocycles. The molecule has 0 aromatic rings. The van der Waals surface area contributed by atoms with Gasteiger partial charge in [-0.3, -0.25) is 9.59 Å². The fraction of sp³-hybridized carbons (Fsp3) is 0.600. The van der Waals surface area contributed by atoms with Crippen molar-refractivity contribution in [2.75, 3.05) is 12.9 Å². The van der Waals surface area contributed by atoms with Gasteiger partial charge in [-0.2, -0.15) is 0 Å². The highest BCUT2D eigenvalue weighted by atomic mass is 32.2. The van der Waals surface area contributed by atoms with Crippen LogP contribution in [0.1, 0.15) is 13.3 Å². The van der Waals surface area contributed by atoms with Crippen molar-refractivity contribution >= 4 is 21.6 Å². The molecule has 0 heterocycles. The predicted molar refractivity (Wildman–Crippen MR) is 59.0 cm³/mol. The van der Waals surface area contributed by atoms with E-state index < -0.39 is 38.7 Å². The fourth-order valence-corrected chi connectivity index (χ4v) is 2.82. The maximum atomic E-state index is 11.8. The van der Waals surface area contributed by atoms with Crippen LogP contribution in [0.25, 0.3) is 0 Å². The van der Waals surface area contributed by atoms with Gasteiger partial charge >= 0.3 is 5.97 Å². The molecule has 1 aliphatic rings. The van der Waals surface area contributed by atoms with E-state index in [0.29, 0.717) is 0 Å². The molecule has 6 nitrogen and oxygen atoms in total. The van der Waals surface area contributed by atoms with Gasteiger partial charge in [0.05, 0.1) is 19.0 Å². The number of rotatable bonds is 4. The van der Waals surface area contributed by atoms with Gasteiger partial charge in [0.2, 0.25) is 0 Å². The number of hydrogen-bond acceptors (Lipinski definition) is 6. The summed E-state index contributed by atoms with van der Waals surface area (Å²) in [6, 6.07) is 0. The second kappa shape index (κ2) is 4.97. The molecule has 0 bridgehead atoms. The Hall–Kier alpha value is -1.21. The Kier molecular flexibility index (Phi) is 4.05. The molecule has 1 unspecified atom stereocenters. The maximum Gasteiger partial charge on any atom is 0.323 e. The number of aliphatic hydroxyl groups excluding tert-OH is 1. The van der Waals surface area contributed by atoms with Gasteiger partial charge in [0.15, 0.2) is 20.9 Å². The average molecular weight is 262 g/mol. The van der Waals surface area contributed by atoms with Crippen LogP contribution in [0.5, 0.6) is 0 Å². The molecule has 7 heteroatoms. The minimum atomic E-state index is -3.79. The molecular weight excluding hydrogens is 248 g/mol. The van der Waals surface area contributed by atoms with Crippen LogP contribution in [0.4, 0.5) is 0 Å². The van der Waals surface area contributed by atoms with Gasteiger partial charge in [-0.05, 0) is 13.0 Å². The highest BCUT2D eigenvalue weighted by Crippen LogP contribution is 2.18. The van der Waals surface area contributed by atoms with Crippen LogP contribution < -0.4 is 0 Å². The predicted octanol–water partition coefficient (Wildman–Crippen LogP) is -0.777. The summed E-state index contributed by atoms with van der Waals surface area (Å²) in [7, 11) is -2.69. The van der Waals surface area contributed by atoms with E-state index in [2.05, 4.69) is 4.74 Å². The highest BCUT2D eigenvalue weighted by Gasteiger charge is 2.33. The zero-order valence-electron chi connectivity index (χ0n) is 9.54. The smallest absolute Gasteiger partial charge is 0.323 e. The molecule has 1 N–H and O–H groups in total. The van der Waals surface area contributed by atoms with Gasteiger partial charge in [0.1, 0.15) is 0 Å². The van der Waals surface area contributed by atoms with E-state index in [4.69, 9.17) is 0 Å². The molecule has 0 amide bonds. The maximum absolute atomic E-state index is 11.8. The summed E-state index contributed by atoms with van der Waals surface area (Å²) in [5.41, 5.74) is 0.0354. The number of esters is 1. The molecule has 2 atom stereocenters. The Morgan fingerprint density at radius 3 is 2.65 bits per heavy atom. The van der Waals surface area contributed by atoms with Crippen LogP contribution in [-0.2, 0) is 24.2 Å². The van der Waals surface area contributed by atoms with E-state index in [1.54, 1.807) is 0 Å². The number of sulfone groups is 1. The molecule has 0 aliphatic heterocycles. The van der Waals surface area contributed by atoms with Gasteiger partial charge in [0.25, 0.3) is 0 Å². The molecule has 0 spiro atoms. The molecule has 0 radical (unpaired) electrons. The number of Topliss-reactive ketones (excluding diaryl/α,β-unsaturated/α-hetero) is 1. The third-order valence-electron chi connectivity index (χ3n) is 2.57. The Balaban J connectivity index is 2.84. The van der Waals surface area contributed by atoms with Crippen LogP contribution >= 0.6 is 0 Å². The van der Waals surface area contributed by atoms with Crippen molar-refractivity contribution < 1.29 is 27.9 Å².